The summed E-state index contributed by atoms with van der Waals surface area (Å²) in [6.07, 6.45) is -0.238. The van der Waals surface area contributed by atoms with Crippen molar-refractivity contribution in [3.63, 3.8) is 0 Å². The number of halogens is 1. The molecular weight excluding hydrogens is 243 g/mol. The van der Waals surface area contributed by atoms with Crippen LogP contribution in [0.25, 0.3) is 0 Å². The predicted octanol–water partition coefficient (Wildman–Crippen LogP) is 2.69. The van der Waals surface area contributed by atoms with Crippen LogP contribution in [-0.4, -0.2) is 23.4 Å². The Labute approximate surface area is 113 Å². The number of nitrogens with zero attached hydrogens (tertiary/aromatic N) is 1. The van der Waals surface area contributed by atoms with Gasteiger partial charge in [0, 0.05) is 6.04 Å². The molecule has 2 unspecified atom stereocenters. The zero-order valence-corrected chi connectivity index (χ0v) is 11.9. The molecule has 1 amide bonds. The molecule has 1 aromatic rings. The normalized spacial score (nSPS) is 21.8. The molecule has 1 fully saturated rings. The highest BCUT2D eigenvalue weighted by Crippen LogP contribution is 2.32. The topological polar surface area (TPSA) is 32.3 Å². The number of carbonyl (C=O) groups is 1. The van der Waals surface area contributed by atoms with Gasteiger partial charge in [0.1, 0.15) is 12.0 Å². The Morgan fingerprint density at radius 2 is 2.11 bits per heavy atom. The fourth-order valence-corrected chi connectivity index (χ4v) is 2.33. The SMILES string of the molecule is CC(N1C(=O)CNC1c1cccc(F)c1)C(C)(C)C. The molecule has 1 saturated heterocycles. The second kappa shape index (κ2) is 4.93. The van der Waals surface area contributed by atoms with E-state index in [1.807, 2.05) is 17.9 Å². The smallest absolute Gasteiger partial charge is 0.238 e. The summed E-state index contributed by atoms with van der Waals surface area (Å²) >= 11 is 0. The summed E-state index contributed by atoms with van der Waals surface area (Å²) in [5.74, 6) is -0.210. The quantitative estimate of drug-likeness (QED) is 0.890. The summed E-state index contributed by atoms with van der Waals surface area (Å²) < 4.78 is 13.3. The molecule has 1 heterocycles. The Morgan fingerprint density at radius 3 is 2.68 bits per heavy atom. The van der Waals surface area contributed by atoms with Gasteiger partial charge in [-0.3, -0.25) is 10.1 Å². The summed E-state index contributed by atoms with van der Waals surface area (Å²) in [7, 11) is 0. The van der Waals surface area contributed by atoms with E-state index in [0.717, 1.165) is 5.56 Å². The van der Waals surface area contributed by atoms with E-state index in [1.54, 1.807) is 6.07 Å². The summed E-state index contributed by atoms with van der Waals surface area (Å²) in [5, 5.41) is 3.16. The van der Waals surface area contributed by atoms with Gasteiger partial charge in [0.2, 0.25) is 5.91 Å². The van der Waals surface area contributed by atoms with E-state index in [-0.39, 0.29) is 29.3 Å². The number of hydrogen-bond donors (Lipinski definition) is 1. The first-order valence-electron chi connectivity index (χ1n) is 6.60. The van der Waals surface area contributed by atoms with Crippen molar-refractivity contribution in [3.05, 3.63) is 35.6 Å². The minimum Gasteiger partial charge on any atom is -0.319 e. The first kappa shape index (κ1) is 14.0. The Morgan fingerprint density at radius 1 is 1.42 bits per heavy atom. The van der Waals surface area contributed by atoms with Gasteiger partial charge in [-0.1, -0.05) is 32.9 Å². The zero-order chi connectivity index (χ0) is 14.2. The van der Waals surface area contributed by atoms with Crippen LogP contribution < -0.4 is 5.32 Å². The summed E-state index contributed by atoms with van der Waals surface area (Å²) in [6, 6.07) is 6.50. The third-order valence-corrected chi connectivity index (χ3v) is 3.85. The lowest BCUT2D eigenvalue weighted by Crippen LogP contribution is -2.45. The lowest BCUT2D eigenvalue weighted by molar-refractivity contribution is -0.132. The van der Waals surface area contributed by atoms with Gasteiger partial charge in [-0.15, -0.1) is 0 Å². The van der Waals surface area contributed by atoms with Gasteiger partial charge in [0.05, 0.1) is 6.54 Å². The Bertz CT molecular complexity index is 481. The van der Waals surface area contributed by atoms with Crippen LogP contribution in [0, 0.1) is 11.2 Å². The highest BCUT2D eigenvalue weighted by molar-refractivity contribution is 5.81. The monoisotopic (exact) mass is 264 g/mol. The molecule has 3 nitrogen and oxygen atoms in total. The Kier molecular flexibility index (Phi) is 3.63. The molecule has 1 N–H and O–H groups in total. The van der Waals surface area contributed by atoms with E-state index in [0.29, 0.717) is 6.54 Å². The summed E-state index contributed by atoms with van der Waals surface area (Å²) in [5.41, 5.74) is 0.773. The van der Waals surface area contributed by atoms with Crippen LogP contribution in [0.15, 0.2) is 24.3 Å². The number of amides is 1. The van der Waals surface area contributed by atoms with Crippen LogP contribution in [0.4, 0.5) is 4.39 Å². The first-order valence-corrected chi connectivity index (χ1v) is 6.60. The fraction of sp³-hybridized carbons (Fsp3) is 0.533. The maximum Gasteiger partial charge on any atom is 0.238 e. The highest BCUT2D eigenvalue weighted by Gasteiger charge is 2.39. The average molecular weight is 264 g/mol. The molecule has 2 rings (SSSR count). The molecule has 0 aliphatic carbocycles. The van der Waals surface area contributed by atoms with Crippen LogP contribution in [0.1, 0.15) is 39.4 Å². The second-order valence-corrected chi connectivity index (χ2v) is 6.18. The maximum absolute atomic E-state index is 13.3. The van der Waals surface area contributed by atoms with Crippen molar-refractivity contribution in [2.75, 3.05) is 6.54 Å². The third kappa shape index (κ3) is 2.78. The van der Waals surface area contributed by atoms with Crippen molar-refractivity contribution < 1.29 is 9.18 Å². The van der Waals surface area contributed by atoms with Gasteiger partial charge < -0.3 is 4.90 Å². The van der Waals surface area contributed by atoms with Gasteiger partial charge >= 0.3 is 0 Å². The molecule has 1 aliphatic rings. The van der Waals surface area contributed by atoms with Gasteiger partial charge in [-0.25, -0.2) is 4.39 Å². The summed E-state index contributed by atoms with van der Waals surface area (Å²) in [4.78, 5) is 13.9. The number of rotatable bonds is 2. The average Bonchev–Trinajstić information content (AvgIpc) is 2.69. The van der Waals surface area contributed by atoms with Crippen molar-refractivity contribution in [1.29, 1.82) is 0 Å². The van der Waals surface area contributed by atoms with Gasteiger partial charge in [0.15, 0.2) is 0 Å². The third-order valence-electron chi connectivity index (χ3n) is 3.85. The van der Waals surface area contributed by atoms with Gasteiger partial charge in [-0.05, 0) is 30.0 Å². The number of benzene rings is 1. The van der Waals surface area contributed by atoms with E-state index in [1.165, 1.54) is 12.1 Å². The van der Waals surface area contributed by atoms with Crippen molar-refractivity contribution in [3.8, 4) is 0 Å². The van der Waals surface area contributed by atoms with Crippen molar-refractivity contribution in [2.24, 2.45) is 5.41 Å². The number of nitrogens with one attached hydrogen (secondary N) is 1. The Hall–Kier alpha value is -1.42. The molecule has 0 aromatic heterocycles. The second-order valence-electron chi connectivity index (χ2n) is 6.18. The molecule has 19 heavy (non-hydrogen) atoms. The maximum atomic E-state index is 13.3. The van der Waals surface area contributed by atoms with E-state index in [4.69, 9.17) is 0 Å². The minimum atomic E-state index is -0.276. The molecule has 1 aromatic carbocycles. The standard InChI is InChI=1S/C15H21FN2O/c1-10(15(2,3)4)18-13(19)9-17-14(18)11-6-5-7-12(16)8-11/h5-8,10,14,17H,9H2,1-4H3. The minimum absolute atomic E-state index is 0.0206. The highest BCUT2D eigenvalue weighted by atomic mass is 19.1. The van der Waals surface area contributed by atoms with Crippen LogP contribution in [-0.2, 0) is 4.79 Å². The van der Waals surface area contributed by atoms with E-state index in [9.17, 15) is 9.18 Å². The molecule has 1 aliphatic heterocycles. The molecular formula is C15H21FN2O. The molecule has 4 heteroatoms. The van der Waals surface area contributed by atoms with Crippen LogP contribution >= 0.6 is 0 Å². The van der Waals surface area contributed by atoms with Crippen LogP contribution in [0.5, 0.6) is 0 Å². The lowest BCUT2D eigenvalue weighted by Gasteiger charge is -2.38. The largest absolute Gasteiger partial charge is 0.319 e. The molecule has 0 bridgehead atoms. The fourth-order valence-electron chi connectivity index (χ4n) is 2.33. The van der Waals surface area contributed by atoms with Gasteiger partial charge in [-0.2, -0.15) is 0 Å². The number of carbonyl (C=O) groups excluding carboxylic acids is 1. The summed E-state index contributed by atoms with van der Waals surface area (Å²) in [6.45, 7) is 8.66. The lowest BCUT2D eigenvalue weighted by atomic mass is 9.86. The molecule has 0 radical (unpaired) electrons. The Balaban J connectivity index is 2.32. The van der Waals surface area contributed by atoms with Crippen molar-refractivity contribution in [2.45, 2.75) is 39.9 Å². The van der Waals surface area contributed by atoms with Gasteiger partial charge in [0.25, 0.3) is 0 Å². The number of hydrogen-bond acceptors (Lipinski definition) is 2. The van der Waals surface area contributed by atoms with Crippen molar-refractivity contribution in [1.82, 2.24) is 10.2 Å². The van der Waals surface area contributed by atoms with E-state index < -0.39 is 0 Å². The molecule has 2 atom stereocenters. The van der Waals surface area contributed by atoms with Crippen LogP contribution in [0.2, 0.25) is 0 Å². The van der Waals surface area contributed by atoms with E-state index >= 15 is 0 Å². The molecule has 104 valence electrons. The predicted molar refractivity (Wildman–Crippen MR) is 72.9 cm³/mol. The van der Waals surface area contributed by atoms with E-state index in [2.05, 4.69) is 26.1 Å². The van der Waals surface area contributed by atoms with Crippen molar-refractivity contribution >= 4 is 5.91 Å². The first-order chi connectivity index (χ1) is 8.80. The molecule has 0 saturated carbocycles. The van der Waals surface area contributed by atoms with Crippen LogP contribution in [0.3, 0.4) is 0 Å². The zero-order valence-electron chi connectivity index (χ0n) is 11.9. The molecule has 0 spiro atoms.